The molecule has 194 valence electrons. The van der Waals surface area contributed by atoms with Crippen LogP contribution in [0.15, 0.2) is 54.7 Å². The first-order valence-corrected chi connectivity index (χ1v) is 12.1. The lowest BCUT2D eigenvalue weighted by Gasteiger charge is -2.32. The Hall–Kier alpha value is -4.23. The monoisotopic (exact) mass is 524 g/mol. The molecule has 1 amide bonds. The summed E-state index contributed by atoms with van der Waals surface area (Å²) in [7, 11) is 0. The van der Waals surface area contributed by atoms with Gasteiger partial charge in [-0.05, 0) is 68.3 Å². The molecule has 0 unspecified atom stereocenters. The highest BCUT2D eigenvalue weighted by Gasteiger charge is 2.30. The molecule has 1 N–H and O–H groups in total. The van der Waals surface area contributed by atoms with Crippen molar-refractivity contribution in [3.63, 3.8) is 0 Å². The third kappa shape index (κ3) is 10.1. The second-order valence-corrected chi connectivity index (χ2v) is 9.10. The zero-order valence-corrected chi connectivity index (χ0v) is 21.8. The molecule has 0 radical (unpaired) electrons. The van der Waals surface area contributed by atoms with Crippen molar-refractivity contribution in [2.45, 2.75) is 52.5 Å². The summed E-state index contributed by atoms with van der Waals surface area (Å²) in [5.41, 5.74) is 1.16. The van der Waals surface area contributed by atoms with E-state index in [1.807, 2.05) is 51.2 Å². The molecule has 3 aromatic rings. The number of amides is 1. The molecule has 1 heterocycles. The quantitative estimate of drug-likeness (QED) is 0.386. The number of nitrogens with one attached hydrogen (secondary N) is 1. The number of thiazole rings is 1. The van der Waals surface area contributed by atoms with Crippen LogP contribution in [-0.4, -0.2) is 34.5 Å². The maximum Gasteiger partial charge on any atom is 0.373 e. The van der Waals surface area contributed by atoms with Crippen molar-refractivity contribution in [1.29, 1.82) is 0 Å². The van der Waals surface area contributed by atoms with E-state index < -0.39 is 5.54 Å². The summed E-state index contributed by atoms with van der Waals surface area (Å²) in [6.45, 7) is 7.51. The molecule has 37 heavy (non-hydrogen) atoms. The summed E-state index contributed by atoms with van der Waals surface area (Å²) in [6, 6.07) is 14.9. The third-order valence-electron chi connectivity index (χ3n) is 5.43. The number of hydrogen-bond donors (Lipinski definition) is 1. The zero-order chi connectivity index (χ0) is 27.8. The lowest BCUT2D eigenvalue weighted by atomic mass is 9.85. The van der Waals surface area contributed by atoms with Crippen molar-refractivity contribution < 1.29 is 33.5 Å². The van der Waals surface area contributed by atoms with Gasteiger partial charge < -0.3 is 10.1 Å². The van der Waals surface area contributed by atoms with Gasteiger partial charge in [0.15, 0.2) is 5.78 Å². The Morgan fingerprint density at radius 2 is 1.41 bits per heavy atom. The van der Waals surface area contributed by atoms with E-state index in [4.69, 9.17) is 23.9 Å². The van der Waals surface area contributed by atoms with Crippen LogP contribution in [0, 0.1) is 6.92 Å². The van der Waals surface area contributed by atoms with Gasteiger partial charge in [0.1, 0.15) is 16.5 Å². The number of rotatable bonds is 9. The molecule has 0 aliphatic carbocycles. The average Bonchev–Trinajstić information content (AvgIpc) is 3.31. The Bertz CT molecular complexity index is 1210. The highest BCUT2D eigenvalue weighted by atomic mass is 32.1. The van der Waals surface area contributed by atoms with Crippen molar-refractivity contribution >= 4 is 35.3 Å². The molecule has 9 nitrogen and oxygen atoms in total. The van der Waals surface area contributed by atoms with Gasteiger partial charge in [-0.3, -0.25) is 9.59 Å². The van der Waals surface area contributed by atoms with Crippen molar-refractivity contribution in [1.82, 2.24) is 10.3 Å². The average molecular weight is 525 g/mol. The van der Waals surface area contributed by atoms with E-state index >= 15 is 0 Å². The van der Waals surface area contributed by atoms with Crippen LogP contribution >= 0.6 is 11.3 Å². The van der Waals surface area contributed by atoms with Gasteiger partial charge in [0.2, 0.25) is 5.91 Å². The number of hydrogen-bond acceptors (Lipinski definition) is 9. The first-order chi connectivity index (χ1) is 17.7. The molecule has 0 saturated carbocycles. The second kappa shape index (κ2) is 15.7. The molecule has 0 aliphatic rings. The maximum absolute atomic E-state index is 12.8. The zero-order valence-electron chi connectivity index (χ0n) is 21.0. The Morgan fingerprint density at radius 3 is 1.81 bits per heavy atom. The van der Waals surface area contributed by atoms with Gasteiger partial charge in [-0.1, -0.05) is 13.8 Å². The molecule has 0 fully saturated rings. The summed E-state index contributed by atoms with van der Waals surface area (Å²) >= 11 is 1.66. The Balaban J connectivity index is 0.00000104. The summed E-state index contributed by atoms with van der Waals surface area (Å²) in [6.07, 6.45) is 4.05. The molecule has 0 aliphatic heterocycles. The summed E-state index contributed by atoms with van der Waals surface area (Å²) in [5.74, 6) is 1.27. The van der Waals surface area contributed by atoms with Gasteiger partial charge in [0, 0.05) is 41.1 Å². The first-order valence-electron chi connectivity index (χ1n) is 11.3. The van der Waals surface area contributed by atoms with Gasteiger partial charge in [-0.25, -0.2) is 4.98 Å². The number of carbonyl (C=O) groups is 2. The summed E-state index contributed by atoms with van der Waals surface area (Å²) in [5, 5.41) is 3.95. The Labute approximate surface area is 218 Å². The lowest BCUT2D eigenvalue weighted by molar-refractivity contribution is -0.193. The lowest BCUT2D eigenvalue weighted by Crippen LogP contribution is -2.48. The number of aryl methyl sites for hydroxylation is 1. The number of ketones is 1. The molecule has 1 aromatic heterocycles. The van der Waals surface area contributed by atoms with Crippen molar-refractivity contribution in [2.24, 2.45) is 0 Å². The van der Waals surface area contributed by atoms with Crippen LogP contribution in [0.25, 0.3) is 10.6 Å². The van der Waals surface area contributed by atoms with Gasteiger partial charge in [-0.2, -0.15) is 19.2 Å². The Kier molecular flexibility index (Phi) is 13.1. The predicted octanol–water partition coefficient (Wildman–Crippen LogP) is 5.01. The molecule has 0 saturated heterocycles. The van der Waals surface area contributed by atoms with E-state index in [1.165, 1.54) is 11.8 Å². The van der Waals surface area contributed by atoms with Gasteiger partial charge >= 0.3 is 12.3 Å². The fourth-order valence-corrected chi connectivity index (χ4v) is 4.27. The standard InChI is InChI=1S/C25H28N2O3S.2CO2/c1-5-25(6-2,27-18(4)28)15-23(29)19-7-11-21(12-8-19)30-22-13-9-20(10-14-22)24-26-16-17(3)31-24;2*2-1-3/h7-14,16H,5-6,15H2,1-4H3,(H,27,28);;. The smallest absolute Gasteiger partial charge is 0.373 e. The second-order valence-electron chi connectivity index (χ2n) is 7.86. The third-order valence-corrected chi connectivity index (χ3v) is 6.39. The highest BCUT2D eigenvalue weighted by Crippen LogP contribution is 2.29. The number of benzene rings is 2. The molecule has 10 heteroatoms. The van der Waals surface area contributed by atoms with E-state index in [1.54, 1.807) is 35.6 Å². The number of Topliss-reactive ketones (excluding diaryl/α,β-unsaturated/α-hetero) is 1. The molecule has 0 bridgehead atoms. The molecular formula is C27H28N2O7S. The van der Waals surface area contributed by atoms with Crippen LogP contribution in [0.5, 0.6) is 11.5 Å². The maximum atomic E-state index is 12.8. The number of aromatic nitrogens is 1. The molecule has 3 rings (SSSR count). The van der Waals surface area contributed by atoms with E-state index in [2.05, 4.69) is 10.3 Å². The number of carbonyl (C=O) groups excluding carboxylic acids is 6. The van der Waals surface area contributed by atoms with Gasteiger partial charge in [0.05, 0.1) is 0 Å². The molecule has 2 aromatic carbocycles. The van der Waals surface area contributed by atoms with Gasteiger partial charge in [-0.15, -0.1) is 11.3 Å². The van der Waals surface area contributed by atoms with E-state index in [9.17, 15) is 9.59 Å². The van der Waals surface area contributed by atoms with E-state index in [-0.39, 0.29) is 30.4 Å². The Morgan fingerprint density at radius 1 is 0.919 bits per heavy atom. The van der Waals surface area contributed by atoms with E-state index in [0.29, 0.717) is 24.2 Å². The largest absolute Gasteiger partial charge is 0.457 e. The minimum atomic E-state index is -0.504. The van der Waals surface area contributed by atoms with Crippen LogP contribution < -0.4 is 10.1 Å². The minimum Gasteiger partial charge on any atom is -0.457 e. The van der Waals surface area contributed by atoms with Crippen LogP contribution in [0.1, 0.15) is 55.3 Å². The van der Waals surface area contributed by atoms with Crippen molar-refractivity contribution in [3.8, 4) is 22.1 Å². The highest BCUT2D eigenvalue weighted by molar-refractivity contribution is 7.14. The summed E-state index contributed by atoms with van der Waals surface area (Å²) < 4.78 is 5.92. The molecular weight excluding hydrogens is 496 g/mol. The molecule has 0 atom stereocenters. The normalized spacial score (nSPS) is 9.84. The van der Waals surface area contributed by atoms with Crippen LogP contribution in [0.2, 0.25) is 0 Å². The van der Waals surface area contributed by atoms with Crippen molar-refractivity contribution in [2.75, 3.05) is 0 Å². The summed E-state index contributed by atoms with van der Waals surface area (Å²) in [4.78, 5) is 62.5. The number of ether oxygens (including phenoxy) is 1. The topological polar surface area (TPSA) is 137 Å². The minimum absolute atomic E-state index is 0.00657. The van der Waals surface area contributed by atoms with Crippen LogP contribution in [0.3, 0.4) is 0 Å². The van der Waals surface area contributed by atoms with E-state index in [0.717, 1.165) is 16.3 Å². The van der Waals surface area contributed by atoms with Gasteiger partial charge in [0.25, 0.3) is 0 Å². The number of nitrogens with zero attached hydrogens (tertiary/aromatic N) is 1. The van der Waals surface area contributed by atoms with Crippen LogP contribution in [-0.2, 0) is 24.0 Å². The van der Waals surface area contributed by atoms with Crippen molar-refractivity contribution in [3.05, 3.63) is 65.2 Å². The SMILES string of the molecule is CCC(CC)(CC(=O)c1ccc(Oc2ccc(-c3ncc(C)s3)cc2)cc1)NC(C)=O.O=C=O.O=C=O. The predicted molar refractivity (Wildman–Crippen MR) is 135 cm³/mol. The first kappa shape index (κ1) is 30.8. The fourth-order valence-electron chi connectivity index (χ4n) is 3.50. The fraction of sp³-hybridized carbons (Fsp3) is 0.296. The molecule has 0 spiro atoms. The van der Waals surface area contributed by atoms with Crippen LogP contribution in [0.4, 0.5) is 0 Å².